The van der Waals surface area contributed by atoms with Crippen molar-refractivity contribution in [1.29, 1.82) is 0 Å². The van der Waals surface area contributed by atoms with Crippen molar-refractivity contribution in [3.8, 4) is 0 Å². The van der Waals surface area contributed by atoms with Gasteiger partial charge in [-0.05, 0) is 53.0 Å². The summed E-state index contributed by atoms with van der Waals surface area (Å²) in [6.07, 6.45) is 2.34. The van der Waals surface area contributed by atoms with Crippen LogP contribution < -0.4 is 5.32 Å². The second-order valence-electron chi connectivity index (χ2n) is 6.05. The van der Waals surface area contributed by atoms with Crippen LogP contribution in [0.1, 0.15) is 43.8 Å². The molecule has 1 heterocycles. The molecule has 1 rings (SSSR count). The maximum atomic E-state index is 5.87. The summed E-state index contributed by atoms with van der Waals surface area (Å²) >= 11 is 0. The van der Waals surface area contributed by atoms with Gasteiger partial charge in [0.1, 0.15) is 11.5 Å². The van der Waals surface area contributed by atoms with Crippen molar-refractivity contribution in [2.24, 2.45) is 0 Å². The number of hydrogen-bond donors (Lipinski definition) is 1. The second-order valence-corrected chi connectivity index (χ2v) is 6.05. The first-order chi connectivity index (χ1) is 10.1. The summed E-state index contributed by atoms with van der Waals surface area (Å²) < 4.78 is 5.87. The third kappa shape index (κ3) is 7.11. The molecular formula is C17H33N3O. The Hall–Kier alpha value is -0.840. The van der Waals surface area contributed by atoms with Gasteiger partial charge in [-0.25, -0.2) is 0 Å². The molecule has 122 valence electrons. The van der Waals surface area contributed by atoms with Crippen LogP contribution in [0.15, 0.2) is 10.5 Å². The van der Waals surface area contributed by atoms with Crippen molar-refractivity contribution in [1.82, 2.24) is 15.1 Å². The molecule has 0 amide bonds. The van der Waals surface area contributed by atoms with E-state index in [-0.39, 0.29) is 0 Å². The summed E-state index contributed by atoms with van der Waals surface area (Å²) in [4.78, 5) is 4.76. The van der Waals surface area contributed by atoms with E-state index < -0.39 is 0 Å². The third-order valence-electron chi connectivity index (χ3n) is 3.59. The largest absolute Gasteiger partial charge is 0.465 e. The lowest BCUT2D eigenvalue weighted by atomic mass is 10.2. The van der Waals surface area contributed by atoms with Crippen LogP contribution >= 0.6 is 0 Å². The van der Waals surface area contributed by atoms with Crippen molar-refractivity contribution in [3.63, 3.8) is 0 Å². The van der Waals surface area contributed by atoms with Gasteiger partial charge in [0, 0.05) is 25.2 Å². The lowest BCUT2D eigenvalue weighted by Crippen LogP contribution is -2.32. The average Bonchev–Trinajstić information content (AvgIpc) is 2.77. The van der Waals surface area contributed by atoms with Gasteiger partial charge in [-0.15, -0.1) is 0 Å². The molecule has 1 aromatic heterocycles. The molecule has 21 heavy (non-hydrogen) atoms. The fourth-order valence-corrected chi connectivity index (χ4v) is 2.39. The summed E-state index contributed by atoms with van der Waals surface area (Å²) in [6.45, 7) is 12.7. The predicted octanol–water partition coefficient (Wildman–Crippen LogP) is 2.86. The average molecular weight is 295 g/mol. The van der Waals surface area contributed by atoms with Gasteiger partial charge in [0.25, 0.3) is 0 Å². The maximum absolute atomic E-state index is 5.87. The highest BCUT2D eigenvalue weighted by molar-refractivity contribution is 5.20. The van der Waals surface area contributed by atoms with E-state index >= 15 is 0 Å². The minimum atomic E-state index is 0.833. The lowest BCUT2D eigenvalue weighted by Gasteiger charge is -2.23. The van der Waals surface area contributed by atoms with Crippen LogP contribution in [0.2, 0.25) is 0 Å². The van der Waals surface area contributed by atoms with Gasteiger partial charge in [-0.1, -0.05) is 13.8 Å². The highest BCUT2D eigenvalue weighted by atomic mass is 16.3. The lowest BCUT2D eigenvalue weighted by molar-refractivity contribution is 0.233. The monoisotopic (exact) mass is 295 g/mol. The van der Waals surface area contributed by atoms with Crippen LogP contribution in [0.4, 0.5) is 0 Å². The van der Waals surface area contributed by atoms with E-state index in [1.165, 1.54) is 12.0 Å². The van der Waals surface area contributed by atoms with E-state index in [9.17, 15) is 0 Å². The first kappa shape index (κ1) is 18.2. The summed E-state index contributed by atoms with van der Waals surface area (Å²) in [5.74, 6) is 2.12. The third-order valence-corrected chi connectivity index (χ3v) is 3.59. The van der Waals surface area contributed by atoms with E-state index in [0.29, 0.717) is 0 Å². The highest BCUT2D eigenvalue weighted by Crippen LogP contribution is 2.17. The van der Waals surface area contributed by atoms with Gasteiger partial charge >= 0.3 is 0 Å². The molecule has 1 N–H and O–H groups in total. The molecule has 0 aromatic carbocycles. The maximum Gasteiger partial charge on any atom is 0.118 e. The van der Waals surface area contributed by atoms with Crippen molar-refractivity contribution < 1.29 is 4.42 Å². The van der Waals surface area contributed by atoms with Gasteiger partial charge in [-0.3, -0.25) is 4.90 Å². The van der Waals surface area contributed by atoms with Crippen molar-refractivity contribution in [2.45, 2.75) is 46.7 Å². The van der Waals surface area contributed by atoms with Gasteiger partial charge in [0.2, 0.25) is 0 Å². The smallest absolute Gasteiger partial charge is 0.118 e. The van der Waals surface area contributed by atoms with Crippen molar-refractivity contribution in [2.75, 3.05) is 40.3 Å². The molecular weight excluding hydrogens is 262 g/mol. The predicted molar refractivity (Wildman–Crippen MR) is 89.6 cm³/mol. The standard InChI is InChI=1S/C17H33N3O/c1-6-8-18-13-17-12-16(15(3)21-17)14-20(9-7-2)11-10-19(4)5/h12,18H,6-11,13-14H2,1-5H3. The summed E-state index contributed by atoms with van der Waals surface area (Å²) in [5.41, 5.74) is 1.33. The molecule has 0 radical (unpaired) electrons. The van der Waals surface area contributed by atoms with Crippen LogP contribution in [0.3, 0.4) is 0 Å². The molecule has 0 fully saturated rings. The molecule has 0 saturated heterocycles. The van der Waals surface area contributed by atoms with Gasteiger partial charge < -0.3 is 14.6 Å². The first-order valence-electron chi connectivity index (χ1n) is 8.22. The Morgan fingerprint density at radius 1 is 1.10 bits per heavy atom. The zero-order valence-electron chi connectivity index (χ0n) is 14.5. The Balaban J connectivity index is 2.56. The number of hydrogen-bond acceptors (Lipinski definition) is 4. The Morgan fingerprint density at radius 3 is 2.48 bits per heavy atom. The molecule has 0 aliphatic rings. The minimum Gasteiger partial charge on any atom is -0.465 e. The minimum absolute atomic E-state index is 0.833. The molecule has 4 heteroatoms. The fourth-order valence-electron chi connectivity index (χ4n) is 2.39. The number of nitrogens with zero attached hydrogens (tertiary/aromatic N) is 2. The number of aryl methyl sites for hydroxylation is 1. The summed E-state index contributed by atoms with van der Waals surface area (Å²) in [6, 6.07) is 2.22. The second kappa shape index (κ2) is 9.98. The zero-order valence-corrected chi connectivity index (χ0v) is 14.5. The van der Waals surface area contributed by atoms with E-state index in [1.54, 1.807) is 0 Å². The number of nitrogens with one attached hydrogen (secondary N) is 1. The van der Waals surface area contributed by atoms with Crippen LogP contribution in [-0.2, 0) is 13.1 Å². The van der Waals surface area contributed by atoms with E-state index in [4.69, 9.17) is 4.42 Å². The Labute approximate surface area is 130 Å². The summed E-state index contributed by atoms with van der Waals surface area (Å²) in [5, 5.41) is 3.40. The van der Waals surface area contributed by atoms with E-state index in [1.807, 2.05) is 0 Å². The Kier molecular flexibility index (Phi) is 8.66. The van der Waals surface area contributed by atoms with E-state index in [2.05, 4.69) is 56.0 Å². The highest BCUT2D eigenvalue weighted by Gasteiger charge is 2.12. The molecule has 0 unspecified atom stereocenters. The SMILES string of the molecule is CCCNCc1cc(CN(CCC)CCN(C)C)c(C)o1. The number of likely N-dealkylation sites (N-methyl/N-ethyl adjacent to an activating group) is 1. The molecule has 0 aliphatic heterocycles. The van der Waals surface area contributed by atoms with Gasteiger partial charge in [0.05, 0.1) is 6.54 Å². The molecule has 4 nitrogen and oxygen atoms in total. The topological polar surface area (TPSA) is 31.6 Å². The van der Waals surface area contributed by atoms with Crippen LogP contribution in [0.25, 0.3) is 0 Å². The van der Waals surface area contributed by atoms with Crippen LogP contribution in [0.5, 0.6) is 0 Å². The summed E-state index contributed by atoms with van der Waals surface area (Å²) in [7, 11) is 4.26. The van der Waals surface area contributed by atoms with Crippen molar-refractivity contribution >= 4 is 0 Å². The van der Waals surface area contributed by atoms with Gasteiger partial charge in [-0.2, -0.15) is 0 Å². The molecule has 0 bridgehead atoms. The molecule has 0 aliphatic carbocycles. The molecule has 0 atom stereocenters. The zero-order chi connectivity index (χ0) is 15.7. The molecule has 1 aromatic rings. The molecule has 0 saturated carbocycles. The molecule has 0 spiro atoms. The Bertz CT molecular complexity index is 387. The van der Waals surface area contributed by atoms with Crippen molar-refractivity contribution in [3.05, 3.63) is 23.2 Å². The first-order valence-corrected chi connectivity index (χ1v) is 8.22. The normalized spacial score (nSPS) is 11.8. The number of furan rings is 1. The van der Waals surface area contributed by atoms with E-state index in [0.717, 1.165) is 57.2 Å². The quantitative estimate of drug-likeness (QED) is 0.636. The van der Waals surface area contributed by atoms with Crippen LogP contribution in [-0.4, -0.2) is 50.1 Å². The fraction of sp³-hybridized carbons (Fsp3) is 0.765. The Morgan fingerprint density at radius 2 is 1.86 bits per heavy atom. The van der Waals surface area contributed by atoms with Crippen LogP contribution in [0, 0.1) is 6.92 Å². The number of rotatable bonds is 11. The van der Waals surface area contributed by atoms with Gasteiger partial charge in [0.15, 0.2) is 0 Å².